The van der Waals surface area contributed by atoms with Gasteiger partial charge in [0.15, 0.2) is 5.82 Å². The average molecular weight is 507 g/mol. The van der Waals surface area contributed by atoms with E-state index >= 15 is 0 Å². The fourth-order valence-corrected chi connectivity index (χ4v) is 4.51. The Morgan fingerprint density at radius 1 is 0.838 bits per heavy atom. The molecule has 1 saturated heterocycles. The van der Waals surface area contributed by atoms with Crippen LogP contribution in [-0.4, -0.2) is 52.0 Å². The number of carbonyl (C=O) groups excluding carboxylic acids is 1. The number of halogens is 3. The molecule has 5 rings (SSSR count). The lowest BCUT2D eigenvalue weighted by Gasteiger charge is -2.36. The van der Waals surface area contributed by atoms with E-state index in [9.17, 15) is 18.0 Å². The van der Waals surface area contributed by atoms with Crippen LogP contribution in [0.2, 0.25) is 0 Å². The molecule has 0 N–H and O–H groups in total. The molecule has 1 aliphatic rings. The quantitative estimate of drug-likeness (QED) is 0.358. The third kappa shape index (κ3) is 5.72. The number of hydrogen-bond acceptors (Lipinski definition) is 5. The molecule has 0 saturated carbocycles. The molecule has 37 heavy (non-hydrogen) atoms. The van der Waals surface area contributed by atoms with Crippen molar-refractivity contribution in [2.24, 2.45) is 0 Å². The summed E-state index contributed by atoms with van der Waals surface area (Å²) in [6.07, 6.45) is -4.40. The fraction of sp³-hybridized carbons (Fsp3) is 0.250. The van der Waals surface area contributed by atoms with E-state index in [0.717, 1.165) is 23.3 Å². The van der Waals surface area contributed by atoms with Crippen molar-refractivity contribution in [3.63, 3.8) is 0 Å². The lowest BCUT2D eigenvalue weighted by molar-refractivity contribution is -0.137. The summed E-state index contributed by atoms with van der Waals surface area (Å²) in [6.45, 7) is 2.85. The van der Waals surface area contributed by atoms with Gasteiger partial charge in [-0.05, 0) is 35.4 Å². The Morgan fingerprint density at radius 2 is 1.41 bits per heavy atom. The van der Waals surface area contributed by atoms with Gasteiger partial charge in [0.05, 0.1) is 18.0 Å². The second-order valence-corrected chi connectivity index (χ2v) is 8.95. The zero-order valence-electron chi connectivity index (χ0n) is 19.9. The van der Waals surface area contributed by atoms with Crippen molar-refractivity contribution >= 4 is 5.91 Å². The number of nitrogens with zero attached hydrogens (tertiary/aromatic N) is 4. The summed E-state index contributed by atoms with van der Waals surface area (Å²) in [5.74, 6) is 0.325. The Hall–Kier alpha value is -3.98. The highest BCUT2D eigenvalue weighted by atomic mass is 19.4. The van der Waals surface area contributed by atoms with Gasteiger partial charge in [0, 0.05) is 31.7 Å². The van der Waals surface area contributed by atoms with Crippen LogP contribution in [0, 0.1) is 0 Å². The van der Waals surface area contributed by atoms with Crippen molar-refractivity contribution in [1.29, 1.82) is 0 Å². The summed E-state index contributed by atoms with van der Waals surface area (Å²) in [5.41, 5.74) is 1.62. The van der Waals surface area contributed by atoms with Crippen LogP contribution in [0.4, 0.5) is 13.2 Å². The molecule has 1 amide bonds. The van der Waals surface area contributed by atoms with Crippen LogP contribution in [0.15, 0.2) is 89.5 Å². The summed E-state index contributed by atoms with van der Waals surface area (Å²) >= 11 is 0. The zero-order chi connectivity index (χ0) is 25.8. The molecule has 190 valence electrons. The molecule has 1 aliphatic heterocycles. The smallest absolute Gasteiger partial charge is 0.339 e. The van der Waals surface area contributed by atoms with Gasteiger partial charge in [-0.1, -0.05) is 65.8 Å². The normalized spacial score (nSPS) is 14.8. The van der Waals surface area contributed by atoms with Gasteiger partial charge >= 0.3 is 6.18 Å². The zero-order valence-corrected chi connectivity index (χ0v) is 19.9. The largest absolute Gasteiger partial charge is 0.416 e. The van der Waals surface area contributed by atoms with Crippen LogP contribution in [0.3, 0.4) is 0 Å². The van der Waals surface area contributed by atoms with Crippen LogP contribution >= 0.6 is 0 Å². The highest BCUT2D eigenvalue weighted by Gasteiger charge is 2.31. The highest BCUT2D eigenvalue weighted by Crippen LogP contribution is 2.31. The van der Waals surface area contributed by atoms with Crippen molar-refractivity contribution in [1.82, 2.24) is 19.9 Å². The molecule has 6 nitrogen and oxygen atoms in total. The molecule has 2 heterocycles. The van der Waals surface area contributed by atoms with E-state index in [-0.39, 0.29) is 17.7 Å². The number of alkyl halides is 3. The predicted octanol–water partition coefficient (Wildman–Crippen LogP) is 5.23. The first-order valence-electron chi connectivity index (χ1n) is 12.0. The number of benzene rings is 3. The lowest BCUT2D eigenvalue weighted by atomic mass is 9.90. The van der Waals surface area contributed by atoms with Gasteiger partial charge in [-0.15, -0.1) is 0 Å². The molecule has 0 spiro atoms. The number of aromatic nitrogens is 2. The minimum atomic E-state index is -4.40. The molecule has 4 aromatic rings. The Balaban J connectivity index is 1.21. The minimum Gasteiger partial charge on any atom is -0.339 e. The molecule has 0 bridgehead atoms. The Labute approximate surface area is 212 Å². The van der Waals surface area contributed by atoms with Gasteiger partial charge in [-0.25, -0.2) is 0 Å². The van der Waals surface area contributed by atoms with E-state index in [2.05, 4.69) is 15.0 Å². The molecule has 3 aromatic carbocycles. The lowest BCUT2D eigenvalue weighted by Crippen LogP contribution is -2.49. The highest BCUT2D eigenvalue weighted by molar-refractivity contribution is 5.87. The number of hydrogen-bond donors (Lipinski definition) is 0. The Morgan fingerprint density at radius 3 is 1.95 bits per heavy atom. The second-order valence-electron chi connectivity index (χ2n) is 8.95. The van der Waals surface area contributed by atoms with E-state index in [1.165, 1.54) is 12.1 Å². The topological polar surface area (TPSA) is 62.5 Å². The molecule has 1 aromatic heterocycles. The van der Waals surface area contributed by atoms with Gasteiger partial charge in [0.1, 0.15) is 0 Å². The maximum atomic E-state index is 13.6. The van der Waals surface area contributed by atoms with Crippen LogP contribution in [0.25, 0.3) is 11.5 Å². The molecule has 0 atom stereocenters. The van der Waals surface area contributed by atoms with Crippen molar-refractivity contribution < 1.29 is 22.5 Å². The maximum Gasteiger partial charge on any atom is 0.416 e. The molecule has 9 heteroatoms. The second kappa shape index (κ2) is 10.6. The Bertz CT molecular complexity index is 1280. The summed E-state index contributed by atoms with van der Waals surface area (Å²) in [6, 6.07) is 24.2. The number of amides is 1. The van der Waals surface area contributed by atoms with Crippen molar-refractivity contribution in [3.8, 4) is 11.5 Å². The Kier molecular flexibility index (Phi) is 7.05. The molecule has 0 unspecified atom stereocenters. The summed E-state index contributed by atoms with van der Waals surface area (Å²) in [4.78, 5) is 22.0. The number of rotatable bonds is 6. The predicted molar refractivity (Wildman–Crippen MR) is 131 cm³/mol. The SMILES string of the molecule is O=C(C(c1ccccc1)c1ccccc1)N1CCN(Cc2noc(-c3ccc(C(F)(F)F)cc3)n2)CC1. The number of carbonyl (C=O) groups is 1. The van der Waals surface area contributed by atoms with Crippen molar-refractivity contribution in [3.05, 3.63) is 107 Å². The number of piperazine rings is 1. The van der Waals surface area contributed by atoms with Gasteiger partial charge < -0.3 is 9.42 Å². The van der Waals surface area contributed by atoms with E-state index in [1.54, 1.807) is 0 Å². The standard InChI is InChI=1S/C28H25F3N4O2/c29-28(30,31)23-13-11-22(12-14-23)26-32-24(33-37-26)19-34-15-17-35(18-16-34)27(36)25(20-7-3-1-4-8-20)21-9-5-2-6-10-21/h1-14,25H,15-19H2. The first kappa shape index (κ1) is 24.7. The van der Waals surface area contributed by atoms with Crippen LogP contribution in [0.5, 0.6) is 0 Å². The summed E-state index contributed by atoms with van der Waals surface area (Å²) in [7, 11) is 0. The van der Waals surface area contributed by atoms with E-state index in [0.29, 0.717) is 44.1 Å². The van der Waals surface area contributed by atoms with Gasteiger partial charge in [-0.2, -0.15) is 18.2 Å². The van der Waals surface area contributed by atoms with Crippen molar-refractivity contribution in [2.45, 2.75) is 18.6 Å². The first-order chi connectivity index (χ1) is 17.9. The third-order valence-corrected chi connectivity index (χ3v) is 6.49. The average Bonchev–Trinajstić information content (AvgIpc) is 3.38. The molecule has 0 radical (unpaired) electrons. The third-order valence-electron chi connectivity index (χ3n) is 6.49. The van der Waals surface area contributed by atoms with Gasteiger partial charge in [0.2, 0.25) is 5.91 Å². The van der Waals surface area contributed by atoms with Gasteiger partial charge in [0.25, 0.3) is 5.89 Å². The van der Waals surface area contributed by atoms with Crippen LogP contribution in [0.1, 0.15) is 28.4 Å². The monoisotopic (exact) mass is 506 g/mol. The van der Waals surface area contributed by atoms with E-state index in [1.807, 2.05) is 65.6 Å². The molecular formula is C28H25F3N4O2. The van der Waals surface area contributed by atoms with Crippen molar-refractivity contribution in [2.75, 3.05) is 26.2 Å². The summed E-state index contributed by atoms with van der Waals surface area (Å²) < 4.78 is 43.7. The molecule has 1 fully saturated rings. The maximum absolute atomic E-state index is 13.6. The minimum absolute atomic E-state index is 0.0706. The van der Waals surface area contributed by atoms with Gasteiger partial charge in [-0.3, -0.25) is 9.69 Å². The first-order valence-corrected chi connectivity index (χ1v) is 12.0. The summed E-state index contributed by atoms with van der Waals surface area (Å²) in [5, 5.41) is 3.99. The van der Waals surface area contributed by atoms with E-state index in [4.69, 9.17) is 4.52 Å². The van der Waals surface area contributed by atoms with E-state index < -0.39 is 11.7 Å². The van der Waals surface area contributed by atoms with Crippen LogP contribution in [-0.2, 0) is 17.5 Å². The molecular weight excluding hydrogens is 481 g/mol. The van der Waals surface area contributed by atoms with Crippen LogP contribution < -0.4 is 0 Å². The molecule has 0 aliphatic carbocycles. The fourth-order valence-electron chi connectivity index (χ4n) is 4.51.